The van der Waals surface area contributed by atoms with Gasteiger partial charge in [0.1, 0.15) is 0 Å². The first kappa shape index (κ1) is 9.05. The molecule has 0 saturated carbocycles. The van der Waals surface area contributed by atoms with E-state index in [2.05, 4.69) is 19.2 Å². The van der Waals surface area contributed by atoms with Crippen LogP contribution in [0.1, 0.15) is 46.0 Å². The van der Waals surface area contributed by atoms with Crippen molar-refractivity contribution >= 4 is 0 Å². The molecule has 0 aromatic rings. The fourth-order valence-corrected chi connectivity index (χ4v) is 1.98. The molecule has 66 valence electrons. The lowest BCUT2D eigenvalue weighted by molar-refractivity contribution is 0.390. The Kier molecular flexibility index (Phi) is 3.92. The Balaban J connectivity index is 2.16. The second-order valence-electron chi connectivity index (χ2n) is 3.71. The highest BCUT2D eigenvalue weighted by Crippen LogP contribution is 2.19. The molecule has 0 amide bonds. The minimum atomic E-state index is 0.847. The lowest BCUT2D eigenvalue weighted by Crippen LogP contribution is -2.24. The summed E-state index contributed by atoms with van der Waals surface area (Å²) in [6.07, 6.45) is 6.93. The van der Waals surface area contributed by atoms with Gasteiger partial charge >= 0.3 is 0 Å². The van der Waals surface area contributed by atoms with Gasteiger partial charge in [0, 0.05) is 6.04 Å². The first-order valence-corrected chi connectivity index (χ1v) is 5.10. The first-order chi connectivity index (χ1) is 5.36. The third-order valence-corrected chi connectivity index (χ3v) is 2.93. The number of hydrogen-bond donors (Lipinski definition) is 1. The Morgan fingerprint density at radius 1 is 1.36 bits per heavy atom. The van der Waals surface area contributed by atoms with Crippen LogP contribution in [0.5, 0.6) is 0 Å². The molecule has 1 aliphatic rings. The van der Waals surface area contributed by atoms with E-state index in [1.165, 1.54) is 38.6 Å². The van der Waals surface area contributed by atoms with Crippen LogP contribution in [0.15, 0.2) is 0 Å². The van der Waals surface area contributed by atoms with Crippen molar-refractivity contribution in [3.63, 3.8) is 0 Å². The van der Waals surface area contributed by atoms with Crippen molar-refractivity contribution in [2.24, 2.45) is 5.92 Å². The summed E-state index contributed by atoms with van der Waals surface area (Å²) in [5.41, 5.74) is 0. The summed E-state index contributed by atoms with van der Waals surface area (Å²) in [5.74, 6) is 0.964. The maximum Gasteiger partial charge on any atom is 0.00701 e. The van der Waals surface area contributed by atoms with E-state index in [1.807, 2.05) is 0 Å². The zero-order valence-corrected chi connectivity index (χ0v) is 7.90. The predicted molar refractivity (Wildman–Crippen MR) is 49.7 cm³/mol. The van der Waals surface area contributed by atoms with Gasteiger partial charge in [-0.15, -0.1) is 0 Å². The third-order valence-electron chi connectivity index (χ3n) is 2.93. The maximum absolute atomic E-state index is 3.56. The SMILES string of the molecule is CCC(CC)CC1CCCN1. The van der Waals surface area contributed by atoms with Crippen molar-refractivity contribution in [3.8, 4) is 0 Å². The van der Waals surface area contributed by atoms with Gasteiger partial charge in [-0.05, 0) is 31.7 Å². The minimum Gasteiger partial charge on any atom is -0.314 e. The summed E-state index contributed by atoms with van der Waals surface area (Å²) in [5, 5.41) is 3.56. The van der Waals surface area contributed by atoms with Crippen molar-refractivity contribution in [3.05, 3.63) is 0 Å². The molecule has 1 aliphatic heterocycles. The van der Waals surface area contributed by atoms with Crippen LogP contribution in [0.2, 0.25) is 0 Å². The standard InChI is InChI=1S/C10H21N/c1-3-9(4-2)8-10-6-5-7-11-10/h9-11H,3-8H2,1-2H3. The average molecular weight is 155 g/mol. The van der Waals surface area contributed by atoms with E-state index in [9.17, 15) is 0 Å². The summed E-state index contributed by atoms with van der Waals surface area (Å²) in [6.45, 7) is 5.87. The summed E-state index contributed by atoms with van der Waals surface area (Å²) in [7, 11) is 0. The highest BCUT2D eigenvalue weighted by molar-refractivity contribution is 4.76. The van der Waals surface area contributed by atoms with E-state index in [4.69, 9.17) is 0 Å². The van der Waals surface area contributed by atoms with Crippen molar-refractivity contribution in [2.45, 2.75) is 52.0 Å². The van der Waals surface area contributed by atoms with Crippen LogP contribution in [0.3, 0.4) is 0 Å². The van der Waals surface area contributed by atoms with Gasteiger partial charge in [0.2, 0.25) is 0 Å². The van der Waals surface area contributed by atoms with Gasteiger partial charge in [0.15, 0.2) is 0 Å². The monoisotopic (exact) mass is 155 g/mol. The average Bonchev–Trinajstić information content (AvgIpc) is 2.52. The molecule has 11 heavy (non-hydrogen) atoms. The molecule has 0 radical (unpaired) electrons. The molecule has 1 fully saturated rings. The second-order valence-corrected chi connectivity index (χ2v) is 3.71. The molecule has 1 unspecified atom stereocenters. The van der Waals surface area contributed by atoms with Gasteiger partial charge in [-0.1, -0.05) is 26.7 Å². The van der Waals surface area contributed by atoms with Crippen LogP contribution in [-0.4, -0.2) is 12.6 Å². The van der Waals surface area contributed by atoms with Crippen LogP contribution in [-0.2, 0) is 0 Å². The van der Waals surface area contributed by atoms with Crippen molar-refractivity contribution < 1.29 is 0 Å². The van der Waals surface area contributed by atoms with E-state index in [0.29, 0.717) is 0 Å². The molecule has 1 rings (SSSR count). The van der Waals surface area contributed by atoms with Crippen LogP contribution >= 0.6 is 0 Å². The van der Waals surface area contributed by atoms with Crippen LogP contribution in [0.25, 0.3) is 0 Å². The van der Waals surface area contributed by atoms with Crippen LogP contribution in [0, 0.1) is 5.92 Å². The molecule has 1 heterocycles. The van der Waals surface area contributed by atoms with Gasteiger partial charge in [-0.25, -0.2) is 0 Å². The Labute approximate surface area is 70.6 Å². The van der Waals surface area contributed by atoms with E-state index < -0.39 is 0 Å². The fraction of sp³-hybridized carbons (Fsp3) is 1.00. The Morgan fingerprint density at radius 3 is 2.55 bits per heavy atom. The molecule has 0 bridgehead atoms. The van der Waals surface area contributed by atoms with Crippen molar-refractivity contribution in [2.75, 3.05) is 6.54 Å². The zero-order valence-electron chi connectivity index (χ0n) is 7.90. The van der Waals surface area contributed by atoms with Gasteiger partial charge in [-0.2, -0.15) is 0 Å². The van der Waals surface area contributed by atoms with Crippen molar-refractivity contribution in [1.29, 1.82) is 0 Å². The molecule has 1 nitrogen and oxygen atoms in total. The fourth-order valence-electron chi connectivity index (χ4n) is 1.98. The highest BCUT2D eigenvalue weighted by Gasteiger charge is 2.16. The Hall–Kier alpha value is -0.0400. The summed E-state index contributed by atoms with van der Waals surface area (Å²) >= 11 is 0. The summed E-state index contributed by atoms with van der Waals surface area (Å²) in [4.78, 5) is 0. The summed E-state index contributed by atoms with van der Waals surface area (Å²) in [6, 6.07) is 0.847. The molecule has 0 aromatic heterocycles. The minimum absolute atomic E-state index is 0.847. The molecular weight excluding hydrogens is 134 g/mol. The Morgan fingerprint density at radius 2 is 2.09 bits per heavy atom. The third kappa shape index (κ3) is 2.82. The molecule has 1 atom stereocenters. The maximum atomic E-state index is 3.56. The van der Waals surface area contributed by atoms with Gasteiger partial charge < -0.3 is 5.32 Å². The number of nitrogens with one attached hydrogen (secondary N) is 1. The van der Waals surface area contributed by atoms with Gasteiger partial charge in [0.05, 0.1) is 0 Å². The number of hydrogen-bond acceptors (Lipinski definition) is 1. The molecule has 1 N–H and O–H groups in total. The molecule has 1 heteroatoms. The zero-order chi connectivity index (χ0) is 8.10. The second kappa shape index (κ2) is 4.76. The lowest BCUT2D eigenvalue weighted by atomic mass is 9.94. The highest BCUT2D eigenvalue weighted by atomic mass is 14.9. The molecule has 0 aromatic carbocycles. The number of rotatable bonds is 4. The lowest BCUT2D eigenvalue weighted by Gasteiger charge is -2.17. The van der Waals surface area contributed by atoms with Crippen LogP contribution < -0.4 is 5.32 Å². The largest absolute Gasteiger partial charge is 0.314 e. The van der Waals surface area contributed by atoms with Gasteiger partial charge in [-0.3, -0.25) is 0 Å². The van der Waals surface area contributed by atoms with E-state index >= 15 is 0 Å². The van der Waals surface area contributed by atoms with Gasteiger partial charge in [0.25, 0.3) is 0 Å². The van der Waals surface area contributed by atoms with E-state index in [0.717, 1.165) is 12.0 Å². The molecule has 0 spiro atoms. The predicted octanol–water partition coefficient (Wildman–Crippen LogP) is 2.56. The quantitative estimate of drug-likeness (QED) is 0.658. The van der Waals surface area contributed by atoms with E-state index in [-0.39, 0.29) is 0 Å². The first-order valence-electron chi connectivity index (χ1n) is 5.10. The van der Waals surface area contributed by atoms with Crippen molar-refractivity contribution in [1.82, 2.24) is 5.32 Å². The van der Waals surface area contributed by atoms with E-state index in [1.54, 1.807) is 0 Å². The molecular formula is C10H21N. The topological polar surface area (TPSA) is 12.0 Å². The Bertz CT molecular complexity index is 91.0. The normalized spacial score (nSPS) is 24.8. The summed E-state index contributed by atoms with van der Waals surface area (Å²) < 4.78 is 0. The molecule has 0 aliphatic carbocycles. The molecule has 1 saturated heterocycles. The van der Waals surface area contributed by atoms with Crippen LogP contribution in [0.4, 0.5) is 0 Å². The smallest absolute Gasteiger partial charge is 0.00701 e.